The number of nitrogens with one attached hydrogen (secondary N) is 1. The molecule has 21 heavy (non-hydrogen) atoms. The summed E-state index contributed by atoms with van der Waals surface area (Å²) in [5.74, 6) is 0.481. The average molecular weight is 404 g/mol. The number of nitrogens with two attached hydrogens (primary N) is 1. The number of hydrogen-bond acceptors (Lipinski definition) is 2. The van der Waals surface area contributed by atoms with Crippen LogP contribution in [0.5, 0.6) is 0 Å². The van der Waals surface area contributed by atoms with E-state index in [1.165, 1.54) is 11.1 Å². The van der Waals surface area contributed by atoms with E-state index in [2.05, 4.69) is 68.0 Å². The van der Waals surface area contributed by atoms with Gasteiger partial charge in [0.1, 0.15) is 0 Å². The minimum atomic E-state index is 0. The van der Waals surface area contributed by atoms with Gasteiger partial charge in [-0.15, -0.1) is 24.0 Å². The number of nitrogens with zero attached hydrogens (tertiary/aromatic N) is 2. The van der Waals surface area contributed by atoms with Crippen molar-refractivity contribution in [3.63, 3.8) is 0 Å². The summed E-state index contributed by atoms with van der Waals surface area (Å²) in [7, 11) is 0. The number of anilines is 1. The molecule has 1 aromatic rings. The van der Waals surface area contributed by atoms with Gasteiger partial charge in [0, 0.05) is 11.7 Å². The molecule has 1 atom stereocenters. The number of likely N-dealkylation sites (N-methyl/N-ethyl adjacent to an activating group) is 1. The molecule has 0 aliphatic carbocycles. The van der Waals surface area contributed by atoms with Crippen LogP contribution >= 0.6 is 24.0 Å². The van der Waals surface area contributed by atoms with E-state index in [0.29, 0.717) is 18.5 Å². The number of aliphatic imine (C=N–C) groups is 1. The molecule has 0 saturated heterocycles. The first kappa shape index (κ1) is 20.2. The summed E-state index contributed by atoms with van der Waals surface area (Å²) >= 11 is 0. The van der Waals surface area contributed by atoms with Crippen LogP contribution in [0.4, 0.5) is 5.69 Å². The molecule has 5 heteroatoms. The molecule has 0 aliphatic heterocycles. The molecule has 0 aliphatic rings. The zero-order valence-electron chi connectivity index (χ0n) is 13.8. The first-order valence-electron chi connectivity index (χ1n) is 7.35. The number of benzene rings is 1. The van der Waals surface area contributed by atoms with E-state index in [1.807, 2.05) is 0 Å². The highest BCUT2D eigenvalue weighted by Gasteiger charge is 2.09. The molecule has 0 fully saturated rings. The summed E-state index contributed by atoms with van der Waals surface area (Å²) < 4.78 is 0. The molecule has 0 saturated carbocycles. The van der Waals surface area contributed by atoms with Crippen molar-refractivity contribution in [3.8, 4) is 0 Å². The summed E-state index contributed by atoms with van der Waals surface area (Å²) in [4.78, 5) is 6.81. The largest absolute Gasteiger partial charge is 0.370 e. The fraction of sp³-hybridized carbons (Fsp3) is 0.562. The van der Waals surface area contributed by atoms with E-state index in [1.54, 1.807) is 0 Å². The number of aryl methyl sites for hydroxylation is 2. The maximum Gasteiger partial charge on any atom is 0.193 e. The third kappa shape index (κ3) is 7.13. The molecule has 1 unspecified atom stereocenters. The van der Waals surface area contributed by atoms with Gasteiger partial charge in [-0.1, -0.05) is 19.9 Å². The monoisotopic (exact) mass is 404 g/mol. The number of hydrogen-bond donors (Lipinski definition) is 2. The van der Waals surface area contributed by atoms with Gasteiger partial charge in [-0.3, -0.25) is 9.89 Å². The Morgan fingerprint density at radius 1 is 1.19 bits per heavy atom. The van der Waals surface area contributed by atoms with Gasteiger partial charge < -0.3 is 11.1 Å². The van der Waals surface area contributed by atoms with Crippen molar-refractivity contribution in [3.05, 3.63) is 29.3 Å². The lowest BCUT2D eigenvalue weighted by Crippen LogP contribution is -2.36. The normalized spacial score (nSPS) is 13.0. The van der Waals surface area contributed by atoms with Gasteiger partial charge >= 0.3 is 0 Å². The second kappa shape index (κ2) is 10.00. The SMILES string of the molecule is CCN(CC)C(C)CN=C(N)Nc1cc(C)cc(C)c1.I. The summed E-state index contributed by atoms with van der Waals surface area (Å²) in [5, 5.41) is 3.16. The van der Waals surface area contributed by atoms with Crippen LogP contribution in [0.3, 0.4) is 0 Å². The Morgan fingerprint density at radius 3 is 2.19 bits per heavy atom. The quantitative estimate of drug-likeness (QED) is 0.434. The highest BCUT2D eigenvalue weighted by atomic mass is 127. The van der Waals surface area contributed by atoms with Crippen molar-refractivity contribution in [1.29, 1.82) is 0 Å². The molecule has 0 spiro atoms. The molecule has 0 heterocycles. The van der Waals surface area contributed by atoms with Crippen molar-refractivity contribution in [2.75, 3.05) is 25.0 Å². The second-order valence-corrected chi connectivity index (χ2v) is 5.30. The van der Waals surface area contributed by atoms with E-state index in [9.17, 15) is 0 Å². The molecule has 4 nitrogen and oxygen atoms in total. The molecule has 0 amide bonds. The van der Waals surface area contributed by atoms with Crippen LogP contribution in [-0.4, -0.2) is 36.5 Å². The summed E-state index contributed by atoms with van der Waals surface area (Å²) in [5.41, 5.74) is 9.40. The van der Waals surface area contributed by atoms with Gasteiger partial charge in [-0.2, -0.15) is 0 Å². The van der Waals surface area contributed by atoms with Crippen LogP contribution in [0.25, 0.3) is 0 Å². The maximum atomic E-state index is 5.96. The zero-order chi connectivity index (χ0) is 15.1. The maximum absolute atomic E-state index is 5.96. The van der Waals surface area contributed by atoms with Crippen molar-refractivity contribution in [2.24, 2.45) is 10.7 Å². The second-order valence-electron chi connectivity index (χ2n) is 5.30. The van der Waals surface area contributed by atoms with E-state index < -0.39 is 0 Å². The molecule has 0 bridgehead atoms. The Kier molecular flexibility index (Phi) is 9.61. The third-order valence-electron chi connectivity index (χ3n) is 3.46. The molecule has 0 aromatic heterocycles. The lowest BCUT2D eigenvalue weighted by atomic mass is 10.1. The molecule has 1 rings (SSSR count). The highest BCUT2D eigenvalue weighted by Crippen LogP contribution is 2.13. The van der Waals surface area contributed by atoms with Gasteiger partial charge in [0.15, 0.2) is 5.96 Å². The number of halogens is 1. The van der Waals surface area contributed by atoms with Crippen molar-refractivity contribution >= 4 is 35.6 Å². The Bertz CT molecular complexity index is 435. The van der Waals surface area contributed by atoms with Crippen LogP contribution in [0.2, 0.25) is 0 Å². The molecular formula is C16H29IN4. The molecular weight excluding hydrogens is 375 g/mol. The van der Waals surface area contributed by atoms with Gasteiger partial charge in [-0.05, 0) is 57.1 Å². The smallest absolute Gasteiger partial charge is 0.193 e. The summed E-state index contributed by atoms with van der Waals surface area (Å²) in [6, 6.07) is 6.69. The van der Waals surface area contributed by atoms with Crippen LogP contribution < -0.4 is 11.1 Å². The van der Waals surface area contributed by atoms with E-state index >= 15 is 0 Å². The first-order valence-corrected chi connectivity index (χ1v) is 7.35. The predicted octanol–water partition coefficient (Wildman–Crippen LogP) is 3.38. The van der Waals surface area contributed by atoms with Gasteiger partial charge in [0.05, 0.1) is 6.54 Å². The van der Waals surface area contributed by atoms with E-state index in [0.717, 1.165) is 18.8 Å². The first-order chi connectivity index (χ1) is 9.46. The van der Waals surface area contributed by atoms with Crippen molar-refractivity contribution in [2.45, 2.75) is 40.7 Å². The standard InChI is InChI=1S/C16H28N4.HI/c1-6-20(7-2)14(5)11-18-16(17)19-15-9-12(3)8-13(4)10-15;/h8-10,14H,6-7,11H2,1-5H3,(H3,17,18,19);1H. The van der Waals surface area contributed by atoms with Gasteiger partial charge in [0.2, 0.25) is 0 Å². The fourth-order valence-electron chi connectivity index (χ4n) is 2.43. The average Bonchev–Trinajstić information content (AvgIpc) is 2.36. The minimum absolute atomic E-state index is 0. The Balaban J connectivity index is 0.00000400. The third-order valence-corrected chi connectivity index (χ3v) is 3.46. The van der Waals surface area contributed by atoms with Crippen molar-refractivity contribution in [1.82, 2.24) is 4.90 Å². The molecule has 120 valence electrons. The van der Waals surface area contributed by atoms with E-state index in [-0.39, 0.29) is 24.0 Å². The number of guanidine groups is 1. The van der Waals surface area contributed by atoms with Crippen LogP contribution in [0.15, 0.2) is 23.2 Å². The van der Waals surface area contributed by atoms with E-state index in [4.69, 9.17) is 5.73 Å². The Labute approximate surface area is 146 Å². The predicted molar refractivity (Wildman–Crippen MR) is 104 cm³/mol. The van der Waals surface area contributed by atoms with Gasteiger partial charge in [0.25, 0.3) is 0 Å². The summed E-state index contributed by atoms with van der Waals surface area (Å²) in [6.45, 7) is 13.5. The van der Waals surface area contributed by atoms with Crippen LogP contribution in [0, 0.1) is 13.8 Å². The summed E-state index contributed by atoms with van der Waals surface area (Å²) in [6.07, 6.45) is 0. The Morgan fingerprint density at radius 2 is 1.71 bits per heavy atom. The van der Waals surface area contributed by atoms with Crippen LogP contribution in [0.1, 0.15) is 31.9 Å². The highest BCUT2D eigenvalue weighted by molar-refractivity contribution is 14.0. The van der Waals surface area contributed by atoms with Crippen molar-refractivity contribution < 1.29 is 0 Å². The number of rotatable bonds is 6. The topological polar surface area (TPSA) is 53.6 Å². The van der Waals surface area contributed by atoms with Gasteiger partial charge in [-0.25, -0.2) is 0 Å². The zero-order valence-corrected chi connectivity index (χ0v) is 16.1. The molecule has 3 N–H and O–H groups in total. The van der Waals surface area contributed by atoms with Crippen LogP contribution in [-0.2, 0) is 0 Å². The minimum Gasteiger partial charge on any atom is -0.370 e. The lowest BCUT2D eigenvalue weighted by molar-refractivity contribution is 0.237. The Hall–Kier alpha value is -0.820. The molecule has 1 aromatic carbocycles. The molecule has 0 radical (unpaired) electrons. The fourth-order valence-corrected chi connectivity index (χ4v) is 2.43. The lowest BCUT2D eigenvalue weighted by Gasteiger charge is -2.24.